The summed E-state index contributed by atoms with van der Waals surface area (Å²) in [7, 11) is 0. The van der Waals surface area contributed by atoms with Crippen LogP contribution in [0, 0.1) is 17.2 Å². The Hall–Kier alpha value is -1.42. The van der Waals surface area contributed by atoms with Gasteiger partial charge in [0.15, 0.2) is 0 Å². The van der Waals surface area contributed by atoms with Crippen LogP contribution >= 0.6 is 0 Å². The highest BCUT2D eigenvalue weighted by atomic mass is 19.1. The first-order chi connectivity index (χ1) is 10.2. The van der Waals surface area contributed by atoms with E-state index in [1.807, 2.05) is 12.1 Å². The van der Waals surface area contributed by atoms with Gasteiger partial charge in [-0.05, 0) is 62.2 Å². The predicted molar refractivity (Wildman–Crippen MR) is 80.4 cm³/mol. The van der Waals surface area contributed by atoms with Gasteiger partial charge in [-0.2, -0.15) is 0 Å². The van der Waals surface area contributed by atoms with Crippen LogP contribution in [0.1, 0.15) is 31.2 Å². The number of rotatable bonds is 5. The third kappa shape index (κ3) is 3.26. The second-order valence-electron chi connectivity index (χ2n) is 6.36. The molecule has 1 saturated heterocycles. The highest BCUT2D eigenvalue weighted by Crippen LogP contribution is 2.58. The molecule has 1 aromatic carbocycles. The number of benzene rings is 1. The molecule has 3 nitrogen and oxygen atoms in total. The lowest BCUT2D eigenvalue weighted by molar-refractivity contribution is -0.123. The maximum atomic E-state index is 13.5. The van der Waals surface area contributed by atoms with Gasteiger partial charge in [-0.1, -0.05) is 18.2 Å². The highest BCUT2D eigenvalue weighted by Gasteiger charge is 2.57. The molecular formula is C17H23FN2O. The lowest BCUT2D eigenvalue weighted by atomic mass is 9.92. The number of carbonyl (C=O) groups is 1. The van der Waals surface area contributed by atoms with E-state index in [-0.39, 0.29) is 17.6 Å². The Balaban J connectivity index is 1.38. The third-order valence-electron chi connectivity index (χ3n) is 4.99. The van der Waals surface area contributed by atoms with Crippen molar-refractivity contribution in [3.63, 3.8) is 0 Å². The first kappa shape index (κ1) is 14.5. The van der Waals surface area contributed by atoms with Crippen LogP contribution in [0.15, 0.2) is 24.3 Å². The zero-order valence-electron chi connectivity index (χ0n) is 12.3. The van der Waals surface area contributed by atoms with Crippen molar-refractivity contribution in [1.29, 1.82) is 0 Å². The summed E-state index contributed by atoms with van der Waals surface area (Å²) in [5.41, 5.74) is 1.02. The van der Waals surface area contributed by atoms with E-state index in [9.17, 15) is 9.18 Å². The Labute approximate surface area is 125 Å². The van der Waals surface area contributed by atoms with Gasteiger partial charge >= 0.3 is 0 Å². The summed E-state index contributed by atoms with van der Waals surface area (Å²) in [6.07, 6.45) is 4.76. The topological polar surface area (TPSA) is 41.1 Å². The Bertz CT molecular complexity index is 511. The number of amides is 1. The fourth-order valence-electron chi connectivity index (χ4n) is 3.51. The smallest absolute Gasteiger partial charge is 0.223 e. The fraction of sp³-hybridized carbons (Fsp3) is 0.588. The van der Waals surface area contributed by atoms with E-state index in [0.29, 0.717) is 18.4 Å². The van der Waals surface area contributed by atoms with Gasteiger partial charge in [0.1, 0.15) is 5.82 Å². The number of halogens is 1. The minimum absolute atomic E-state index is 0.153. The highest BCUT2D eigenvalue weighted by molar-refractivity contribution is 5.82. The van der Waals surface area contributed by atoms with Crippen molar-refractivity contribution in [2.75, 3.05) is 19.6 Å². The monoisotopic (exact) mass is 290 g/mol. The Morgan fingerprint density at radius 3 is 2.86 bits per heavy atom. The van der Waals surface area contributed by atoms with Gasteiger partial charge in [0.05, 0.1) is 0 Å². The largest absolute Gasteiger partial charge is 0.356 e. The van der Waals surface area contributed by atoms with Crippen molar-refractivity contribution in [2.24, 2.45) is 11.3 Å². The van der Waals surface area contributed by atoms with Crippen LogP contribution in [-0.4, -0.2) is 25.5 Å². The van der Waals surface area contributed by atoms with Crippen LogP contribution in [0.4, 0.5) is 4.39 Å². The molecule has 1 aliphatic carbocycles. The van der Waals surface area contributed by atoms with Gasteiger partial charge in [0, 0.05) is 12.5 Å². The maximum absolute atomic E-state index is 13.5. The van der Waals surface area contributed by atoms with Crippen LogP contribution < -0.4 is 10.6 Å². The summed E-state index contributed by atoms with van der Waals surface area (Å²) < 4.78 is 13.5. The van der Waals surface area contributed by atoms with Crippen molar-refractivity contribution >= 4 is 5.91 Å². The second kappa shape index (κ2) is 6.14. The molecule has 114 valence electrons. The molecule has 2 fully saturated rings. The molecule has 2 N–H and O–H groups in total. The summed E-state index contributed by atoms with van der Waals surface area (Å²) >= 11 is 0. The number of aryl methyl sites for hydroxylation is 1. The molecule has 3 rings (SSSR count). The molecule has 2 aliphatic rings. The van der Waals surface area contributed by atoms with Crippen LogP contribution in [0.25, 0.3) is 0 Å². The maximum Gasteiger partial charge on any atom is 0.223 e. The molecule has 1 aliphatic heterocycles. The molecule has 1 spiro atoms. The van der Waals surface area contributed by atoms with Gasteiger partial charge in [-0.3, -0.25) is 4.79 Å². The van der Waals surface area contributed by atoms with Gasteiger partial charge in [-0.15, -0.1) is 0 Å². The molecule has 21 heavy (non-hydrogen) atoms. The standard InChI is InChI=1S/C17H23FN2O/c18-15-6-2-1-4-13(15)5-3-9-20-16(21)14-12-17(14)7-10-19-11-8-17/h1-2,4,6,14,19H,3,5,7-12H2,(H,20,21)/t14-/m1/s1. The summed E-state index contributed by atoms with van der Waals surface area (Å²) in [6.45, 7) is 2.71. The molecule has 1 heterocycles. The van der Waals surface area contributed by atoms with E-state index in [1.165, 1.54) is 6.07 Å². The number of nitrogens with one attached hydrogen (secondary N) is 2. The number of carbonyl (C=O) groups excluding carboxylic acids is 1. The molecular weight excluding hydrogens is 267 g/mol. The van der Waals surface area contributed by atoms with Crippen molar-refractivity contribution in [3.05, 3.63) is 35.6 Å². The number of hydrogen-bond donors (Lipinski definition) is 2. The molecule has 1 aromatic rings. The summed E-state index contributed by atoms with van der Waals surface area (Å²) in [6, 6.07) is 6.84. The van der Waals surface area contributed by atoms with Crippen molar-refractivity contribution < 1.29 is 9.18 Å². The molecule has 0 bridgehead atoms. The normalized spacial score (nSPS) is 23.0. The van der Waals surface area contributed by atoms with E-state index in [2.05, 4.69) is 10.6 Å². The van der Waals surface area contributed by atoms with Gasteiger partial charge < -0.3 is 10.6 Å². The zero-order chi connectivity index (χ0) is 14.7. The number of hydrogen-bond acceptors (Lipinski definition) is 2. The van der Waals surface area contributed by atoms with Gasteiger partial charge in [-0.25, -0.2) is 4.39 Å². The Morgan fingerprint density at radius 2 is 2.10 bits per heavy atom. The van der Waals surface area contributed by atoms with Crippen LogP contribution in [-0.2, 0) is 11.2 Å². The lowest BCUT2D eigenvalue weighted by Crippen LogP contribution is -2.34. The van der Waals surface area contributed by atoms with Crippen LogP contribution in [0.5, 0.6) is 0 Å². The van der Waals surface area contributed by atoms with E-state index in [1.54, 1.807) is 6.07 Å². The predicted octanol–water partition coefficient (Wildman–Crippen LogP) is 2.26. The average Bonchev–Trinajstić information content (AvgIpc) is 3.19. The van der Waals surface area contributed by atoms with E-state index >= 15 is 0 Å². The van der Waals surface area contributed by atoms with Crippen LogP contribution in [0.2, 0.25) is 0 Å². The SMILES string of the molecule is O=C(NCCCc1ccccc1F)[C@H]1CC12CCNCC2. The lowest BCUT2D eigenvalue weighted by Gasteiger charge is -2.23. The molecule has 0 aromatic heterocycles. The van der Waals surface area contributed by atoms with Crippen molar-refractivity contribution in [1.82, 2.24) is 10.6 Å². The van der Waals surface area contributed by atoms with Gasteiger partial charge in [0.25, 0.3) is 0 Å². The van der Waals surface area contributed by atoms with Crippen molar-refractivity contribution in [2.45, 2.75) is 32.1 Å². The first-order valence-electron chi connectivity index (χ1n) is 7.93. The summed E-state index contributed by atoms with van der Waals surface area (Å²) in [5, 5.41) is 6.37. The van der Waals surface area contributed by atoms with Crippen LogP contribution in [0.3, 0.4) is 0 Å². The molecule has 0 radical (unpaired) electrons. The van der Waals surface area contributed by atoms with Crippen molar-refractivity contribution in [3.8, 4) is 0 Å². The Morgan fingerprint density at radius 1 is 1.33 bits per heavy atom. The van der Waals surface area contributed by atoms with E-state index in [0.717, 1.165) is 44.3 Å². The molecule has 1 amide bonds. The molecule has 1 atom stereocenters. The molecule has 4 heteroatoms. The molecule has 1 saturated carbocycles. The van der Waals surface area contributed by atoms with E-state index < -0.39 is 0 Å². The summed E-state index contributed by atoms with van der Waals surface area (Å²) in [5.74, 6) is 0.262. The molecule has 0 unspecified atom stereocenters. The van der Waals surface area contributed by atoms with E-state index in [4.69, 9.17) is 0 Å². The first-order valence-corrected chi connectivity index (χ1v) is 7.93. The quantitative estimate of drug-likeness (QED) is 0.817. The fourth-order valence-corrected chi connectivity index (χ4v) is 3.51. The third-order valence-corrected chi connectivity index (χ3v) is 4.99. The Kier molecular flexibility index (Phi) is 4.24. The average molecular weight is 290 g/mol. The minimum Gasteiger partial charge on any atom is -0.356 e. The van der Waals surface area contributed by atoms with Gasteiger partial charge in [0.2, 0.25) is 5.91 Å². The zero-order valence-corrected chi connectivity index (χ0v) is 12.3. The summed E-state index contributed by atoms with van der Waals surface area (Å²) in [4.78, 5) is 12.2. The number of piperidine rings is 1. The second-order valence-corrected chi connectivity index (χ2v) is 6.36. The minimum atomic E-state index is -0.153.